The van der Waals surface area contributed by atoms with E-state index in [1.54, 1.807) is 66.5 Å². The fourth-order valence-electron chi connectivity index (χ4n) is 3.22. The van der Waals surface area contributed by atoms with Crippen molar-refractivity contribution < 1.29 is 28.5 Å². The number of carbonyl (C=O) groups is 2. The molecule has 1 fully saturated rings. The summed E-state index contributed by atoms with van der Waals surface area (Å²) in [7, 11) is 4.67. The minimum Gasteiger partial charge on any atom is -0.497 e. The Labute approximate surface area is 175 Å². The van der Waals surface area contributed by atoms with E-state index in [-0.39, 0.29) is 18.4 Å². The second kappa shape index (κ2) is 9.87. The molecular weight excluding hydrogens is 388 g/mol. The van der Waals surface area contributed by atoms with Crippen LogP contribution in [0.1, 0.15) is 10.4 Å². The van der Waals surface area contributed by atoms with Gasteiger partial charge in [-0.25, -0.2) is 0 Å². The first kappa shape index (κ1) is 21.3. The van der Waals surface area contributed by atoms with Gasteiger partial charge in [0.1, 0.15) is 11.5 Å². The van der Waals surface area contributed by atoms with E-state index in [1.165, 1.54) is 7.11 Å². The molecule has 1 aliphatic heterocycles. The van der Waals surface area contributed by atoms with Crippen LogP contribution in [-0.2, 0) is 4.79 Å². The van der Waals surface area contributed by atoms with Crippen LogP contribution in [0.4, 0.5) is 0 Å². The summed E-state index contributed by atoms with van der Waals surface area (Å²) in [4.78, 5) is 28.7. The summed E-state index contributed by atoms with van der Waals surface area (Å²) in [6, 6.07) is 12.2. The van der Waals surface area contributed by atoms with Gasteiger partial charge in [-0.1, -0.05) is 0 Å². The Morgan fingerprint density at radius 1 is 0.767 bits per heavy atom. The van der Waals surface area contributed by atoms with Crippen LogP contribution < -0.4 is 18.9 Å². The van der Waals surface area contributed by atoms with E-state index in [0.717, 1.165) is 5.75 Å². The Bertz CT molecular complexity index is 876. The summed E-state index contributed by atoms with van der Waals surface area (Å²) >= 11 is 0. The highest BCUT2D eigenvalue weighted by molar-refractivity contribution is 5.95. The van der Waals surface area contributed by atoms with Gasteiger partial charge in [-0.3, -0.25) is 9.59 Å². The van der Waals surface area contributed by atoms with Crippen molar-refractivity contribution in [1.29, 1.82) is 0 Å². The van der Waals surface area contributed by atoms with E-state index in [4.69, 9.17) is 18.9 Å². The van der Waals surface area contributed by atoms with Crippen molar-refractivity contribution in [3.63, 3.8) is 0 Å². The maximum atomic E-state index is 12.8. The predicted octanol–water partition coefficient (Wildman–Crippen LogP) is 2.08. The maximum absolute atomic E-state index is 12.8. The Hall–Kier alpha value is -3.42. The van der Waals surface area contributed by atoms with Crippen molar-refractivity contribution in [3.8, 4) is 23.0 Å². The van der Waals surface area contributed by atoms with E-state index >= 15 is 0 Å². The van der Waals surface area contributed by atoms with Crippen LogP contribution in [0.3, 0.4) is 0 Å². The summed E-state index contributed by atoms with van der Waals surface area (Å²) in [5.74, 6) is 2.20. The second-order valence-corrected chi connectivity index (χ2v) is 6.71. The van der Waals surface area contributed by atoms with Crippen molar-refractivity contribution in [2.45, 2.75) is 0 Å². The molecule has 0 saturated carbocycles. The number of benzene rings is 2. The van der Waals surface area contributed by atoms with Crippen LogP contribution in [0.15, 0.2) is 42.5 Å². The molecule has 160 valence electrons. The number of methoxy groups -OCH3 is 3. The smallest absolute Gasteiger partial charge is 0.260 e. The highest BCUT2D eigenvalue weighted by Gasteiger charge is 2.25. The van der Waals surface area contributed by atoms with E-state index in [2.05, 4.69) is 0 Å². The third-order valence-electron chi connectivity index (χ3n) is 4.97. The minimum atomic E-state index is -0.107. The van der Waals surface area contributed by atoms with Crippen LogP contribution in [0.5, 0.6) is 23.0 Å². The second-order valence-electron chi connectivity index (χ2n) is 6.71. The standard InChI is InChI=1S/C22H26N2O6/c1-27-17-5-7-18(8-6-17)30-15-21(25)23-10-12-24(13-11-23)22(26)16-4-9-19(28-2)20(14-16)29-3/h4-9,14H,10-13,15H2,1-3H3. The molecule has 0 radical (unpaired) electrons. The zero-order chi connectivity index (χ0) is 21.5. The van der Waals surface area contributed by atoms with E-state index in [0.29, 0.717) is 49.0 Å². The van der Waals surface area contributed by atoms with Gasteiger partial charge in [0.25, 0.3) is 11.8 Å². The van der Waals surface area contributed by atoms with Crippen molar-refractivity contribution >= 4 is 11.8 Å². The molecule has 0 bridgehead atoms. The molecule has 2 aromatic rings. The first-order chi connectivity index (χ1) is 14.5. The fourth-order valence-corrected chi connectivity index (χ4v) is 3.22. The number of piperazine rings is 1. The van der Waals surface area contributed by atoms with Gasteiger partial charge in [0, 0.05) is 31.7 Å². The lowest BCUT2D eigenvalue weighted by Crippen LogP contribution is -2.51. The van der Waals surface area contributed by atoms with Gasteiger partial charge in [0.2, 0.25) is 0 Å². The van der Waals surface area contributed by atoms with Gasteiger partial charge >= 0.3 is 0 Å². The van der Waals surface area contributed by atoms with Gasteiger partial charge in [0.15, 0.2) is 18.1 Å². The first-order valence-electron chi connectivity index (χ1n) is 9.61. The van der Waals surface area contributed by atoms with Crippen molar-refractivity contribution in [2.75, 3.05) is 54.1 Å². The van der Waals surface area contributed by atoms with Crippen LogP contribution in [0.25, 0.3) is 0 Å². The van der Waals surface area contributed by atoms with Crippen LogP contribution in [0.2, 0.25) is 0 Å². The summed E-state index contributed by atoms with van der Waals surface area (Å²) in [6.45, 7) is 1.80. The average Bonchev–Trinajstić information content (AvgIpc) is 2.82. The number of hydrogen-bond donors (Lipinski definition) is 0. The van der Waals surface area contributed by atoms with Gasteiger partial charge in [-0.2, -0.15) is 0 Å². The van der Waals surface area contributed by atoms with Crippen molar-refractivity contribution in [3.05, 3.63) is 48.0 Å². The van der Waals surface area contributed by atoms with Gasteiger partial charge < -0.3 is 28.7 Å². The molecule has 1 aliphatic rings. The van der Waals surface area contributed by atoms with Gasteiger partial charge in [-0.15, -0.1) is 0 Å². The minimum absolute atomic E-state index is 0.0457. The van der Waals surface area contributed by atoms with Crippen molar-refractivity contribution in [2.24, 2.45) is 0 Å². The molecule has 1 heterocycles. The Morgan fingerprint density at radius 2 is 1.37 bits per heavy atom. The van der Waals surface area contributed by atoms with Gasteiger partial charge in [-0.05, 0) is 42.5 Å². The lowest BCUT2D eigenvalue weighted by molar-refractivity contribution is -0.134. The Balaban J connectivity index is 1.51. The van der Waals surface area contributed by atoms with E-state index in [1.807, 2.05) is 0 Å². The number of ether oxygens (including phenoxy) is 4. The molecular formula is C22H26N2O6. The number of rotatable bonds is 7. The monoisotopic (exact) mass is 414 g/mol. The highest BCUT2D eigenvalue weighted by Crippen LogP contribution is 2.28. The normalized spacial score (nSPS) is 13.6. The van der Waals surface area contributed by atoms with E-state index in [9.17, 15) is 9.59 Å². The highest BCUT2D eigenvalue weighted by atomic mass is 16.5. The fraction of sp³-hybridized carbons (Fsp3) is 0.364. The molecule has 3 rings (SSSR count). The predicted molar refractivity (Wildman–Crippen MR) is 111 cm³/mol. The molecule has 0 aliphatic carbocycles. The third kappa shape index (κ3) is 4.94. The maximum Gasteiger partial charge on any atom is 0.260 e. The SMILES string of the molecule is COc1ccc(OCC(=O)N2CCN(C(=O)c3ccc(OC)c(OC)c3)CC2)cc1. The molecule has 1 saturated heterocycles. The number of amides is 2. The summed E-state index contributed by atoms with van der Waals surface area (Å²) in [5, 5.41) is 0. The van der Waals surface area contributed by atoms with Crippen LogP contribution in [-0.4, -0.2) is 75.7 Å². The molecule has 0 spiro atoms. The molecule has 8 nitrogen and oxygen atoms in total. The molecule has 2 aromatic carbocycles. The quantitative estimate of drug-likeness (QED) is 0.690. The number of nitrogens with zero attached hydrogens (tertiary/aromatic N) is 2. The van der Waals surface area contributed by atoms with Crippen LogP contribution in [0, 0.1) is 0 Å². The summed E-state index contributed by atoms with van der Waals surface area (Å²) in [5.41, 5.74) is 0.523. The zero-order valence-corrected chi connectivity index (χ0v) is 17.4. The molecule has 2 amide bonds. The molecule has 0 N–H and O–H groups in total. The Kier molecular flexibility index (Phi) is 7.00. The third-order valence-corrected chi connectivity index (χ3v) is 4.97. The molecule has 0 unspecified atom stereocenters. The Morgan fingerprint density at radius 3 is 1.97 bits per heavy atom. The van der Waals surface area contributed by atoms with Crippen LogP contribution >= 0.6 is 0 Å². The lowest BCUT2D eigenvalue weighted by atomic mass is 10.1. The molecule has 8 heteroatoms. The molecule has 0 aromatic heterocycles. The summed E-state index contributed by atoms with van der Waals surface area (Å²) < 4.78 is 21.1. The zero-order valence-electron chi connectivity index (χ0n) is 17.4. The van der Waals surface area contributed by atoms with Gasteiger partial charge in [0.05, 0.1) is 21.3 Å². The van der Waals surface area contributed by atoms with Crippen molar-refractivity contribution in [1.82, 2.24) is 9.80 Å². The summed E-state index contributed by atoms with van der Waals surface area (Å²) in [6.07, 6.45) is 0. The lowest BCUT2D eigenvalue weighted by Gasteiger charge is -2.34. The molecule has 0 atom stereocenters. The molecule has 30 heavy (non-hydrogen) atoms. The number of carbonyl (C=O) groups excluding carboxylic acids is 2. The topological polar surface area (TPSA) is 77.5 Å². The number of hydrogen-bond acceptors (Lipinski definition) is 6. The van der Waals surface area contributed by atoms with E-state index < -0.39 is 0 Å². The largest absolute Gasteiger partial charge is 0.497 e. The first-order valence-corrected chi connectivity index (χ1v) is 9.61. The average molecular weight is 414 g/mol.